The van der Waals surface area contributed by atoms with Gasteiger partial charge in [-0.05, 0) is 30.0 Å². The summed E-state index contributed by atoms with van der Waals surface area (Å²) in [5.74, 6) is 0.970. The SMILES string of the molecule is CC(C)CNC(=NCC(=O)N(C)C)NC1CCN(Cc2ccc(C(F)(F)F)cc2)C1. The molecule has 1 fully saturated rings. The van der Waals surface area contributed by atoms with Crippen LogP contribution in [0.3, 0.4) is 0 Å². The molecule has 0 radical (unpaired) electrons. The molecule has 1 aromatic carbocycles. The number of aliphatic imine (C=N–C) groups is 1. The van der Waals surface area contributed by atoms with Gasteiger partial charge in [-0.25, -0.2) is 4.99 Å². The molecule has 0 bridgehead atoms. The molecule has 9 heteroatoms. The van der Waals surface area contributed by atoms with E-state index in [4.69, 9.17) is 0 Å². The number of guanidine groups is 1. The van der Waals surface area contributed by atoms with Crippen molar-refractivity contribution in [2.45, 2.75) is 39.0 Å². The Labute approximate surface area is 176 Å². The van der Waals surface area contributed by atoms with Gasteiger partial charge in [0, 0.05) is 46.3 Å². The fraction of sp³-hybridized carbons (Fsp3) is 0.619. The molecule has 1 amide bonds. The Morgan fingerprint density at radius 3 is 2.50 bits per heavy atom. The molecule has 0 saturated carbocycles. The zero-order valence-corrected chi connectivity index (χ0v) is 18.1. The molecule has 0 aliphatic carbocycles. The van der Waals surface area contributed by atoms with Crippen LogP contribution < -0.4 is 10.6 Å². The predicted molar refractivity (Wildman–Crippen MR) is 112 cm³/mol. The minimum absolute atomic E-state index is 0.0718. The van der Waals surface area contributed by atoms with Crippen molar-refractivity contribution < 1.29 is 18.0 Å². The summed E-state index contributed by atoms with van der Waals surface area (Å²) in [6.07, 6.45) is -3.42. The van der Waals surface area contributed by atoms with E-state index in [0.29, 0.717) is 18.4 Å². The Kier molecular flexibility index (Phi) is 8.52. The molecule has 2 N–H and O–H groups in total. The van der Waals surface area contributed by atoms with Gasteiger partial charge in [0.25, 0.3) is 0 Å². The molecule has 2 rings (SSSR count). The first-order chi connectivity index (χ1) is 14.0. The number of likely N-dealkylation sites (N-methyl/N-ethyl adjacent to an activating group) is 1. The standard InChI is InChI=1S/C21H32F3N5O/c1-15(2)11-25-20(26-12-19(30)28(3)4)27-18-9-10-29(14-18)13-16-5-7-17(8-6-16)21(22,23)24/h5-8,15,18H,9-14H2,1-4H3,(H2,25,26,27). The minimum atomic E-state index is -4.31. The van der Waals surface area contributed by atoms with Gasteiger partial charge in [-0.15, -0.1) is 0 Å². The Balaban J connectivity index is 1.91. The highest BCUT2D eigenvalue weighted by Crippen LogP contribution is 2.29. The second-order valence-corrected chi connectivity index (χ2v) is 8.29. The second-order valence-electron chi connectivity index (χ2n) is 8.29. The lowest BCUT2D eigenvalue weighted by Gasteiger charge is -2.20. The molecular formula is C21H32F3N5O. The number of likely N-dealkylation sites (tertiary alicyclic amines) is 1. The average molecular weight is 428 g/mol. The van der Waals surface area contributed by atoms with Crippen molar-refractivity contribution in [3.63, 3.8) is 0 Å². The molecule has 0 spiro atoms. The molecule has 1 unspecified atom stereocenters. The zero-order chi connectivity index (χ0) is 22.3. The molecule has 1 aromatic rings. The number of amides is 1. The van der Waals surface area contributed by atoms with E-state index in [1.54, 1.807) is 14.1 Å². The summed E-state index contributed by atoms with van der Waals surface area (Å²) in [5, 5.41) is 6.66. The van der Waals surface area contributed by atoms with Crippen LogP contribution in [0.5, 0.6) is 0 Å². The summed E-state index contributed by atoms with van der Waals surface area (Å²) in [6.45, 7) is 7.19. The van der Waals surface area contributed by atoms with Gasteiger partial charge in [0.2, 0.25) is 5.91 Å². The molecule has 1 aliphatic rings. The van der Waals surface area contributed by atoms with Crippen LogP contribution in [0.25, 0.3) is 0 Å². The van der Waals surface area contributed by atoms with Crippen molar-refractivity contribution in [3.05, 3.63) is 35.4 Å². The van der Waals surface area contributed by atoms with Crippen molar-refractivity contribution in [1.82, 2.24) is 20.4 Å². The lowest BCUT2D eigenvalue weighted by Crippen LogP contribution is -2.46. The third kappa shape index (κ3) is 7.85. The first kappa shape index (κ1) is 24.0. The van der Waals surface area contributed by atoms with E-state index in [9.17, 15) is 18.0 Å². The first-order valence-corrected chi connectivity index (χ1v) is 10.2. The smallest absolute Gasteiger partial charge is 0.356 e. The Hall–Kier alpha value is -2.29. The van der Waals surface area contributed by atoms with Crippen LogP contribution >= 0.6 is 0 Å². The molecule has 1 atom stereocenters. The van der Waals surface area contributed by atoms with Gasteiger partial charge < -0.3 is 15.5 Å². The number of rotatable bonds is 7. The molecule has 30 heavy (non-hydrogen) atoms. The normalized spacial score (nSPS) is 18.0. The van der Waals surface area contributed by atoms with Crippen LogP contribution in [0.4, 0.5) is 13.2 Å². The quantitative estimate of drug-likeness (QED) is 0.519. The predicted octanol–water partition coefficient (Wildman–Crippen LogP) is 2.56. The number of hydrogen-bond donors (Lipinski definition) is 2. The van der Waals surface area contributed by atoms with Gasteiger partial charge in [0.15, 0.2) is 5.96 Å². The van der Waals surface area contributed by atoms with E-state index in [1.807, 2.05) is 0 Å². The van der Waals surface area contributed by atoms with Gasteiger partial charge in [0.1, 0.15) is 6.54 Å². The fourth-order valence-electron chi connectivity index (χ4n) is 3.09. The maximum absolute atomic E-state index is 12.7. The Morgan fingerprint density at radius 1 is 1.27 bits per heavy atom. The van der Waals surface area contributed by atoms with Crippen LogP contribution in [0.1, 0.15) is 31.4 Å². The molecule has 1 aliphatic heterocycles. The topological polar surface area (TPSA) is 60.0 Å². The molecular weight excluding hydrogens is 395 g/mol. The Bertz CT molecular complexity index is 716. The summed E-state index contributed by atoms with van der Waals surface area (Å²) in [4.78, 5) is 20.0. The number of nitrogens with zero attached hydrogens (tertiary/aromatic N) is 3. The number of nitrogens with one attached hydrogen (secondary N) is 2. The molecule has 6 nitrogen and oxygen atoms in total. The van der Waals surface area contributed by atoms with Gasteiger partial charge in [0.05, 0.1) is 5.56 Å². The summed E-state index contributed by atoms with van der Waals surface area (Å²) >= 11 is 0. The number of alkyl halides is 3. The lowest BCUT2D eigenvalue weighted by molar-refractivity contribution is -0.137. The van der Waals surface area contributed by atoms with Gasteiger partial charge >= 0.3 is 6.18 Å². The van der Waals surface area contributed by atoms with Gasteiger partial charge in [-0.3, -0.25) is 9.69 Å². The highest BCUT2D eigenvalue weighted by atomic mass is 19.4. The molecule has 1 saturated heterocycles. The van der Waals surface area contributed by atoms with E-state index in [0.717, 1.165) is 43.8 Å². The van der Waals surface area contributed by atoms with Crippen molar-refractivity contribution in [1.29, 1.82) is 0 Å². The number of carbonyl (C=O) groups excluding carboxylic acids is 1. The third-order valence-electron chi connectivity index (χ3n) is 4.85. The number of hydrogen-bond acceptors (Lipinski definition) is 3. The zero-order valence-electron chi connectivity index (χ0n) is 18.1. The summed E-state index contributed by atoms with van der Waals surface area (Å²) < 4.78 is 38.1. The van der Waals surface area contributed by atoms with Gasteiger partial charge in [-0.1, -0.05) is 26.0 Å². The summed E-state index contributed by atoms with van der Waals surface area (Å²) in [5.41, 5.74) is 0.226. The van der Waals surface area contributed by atoms with Crippen LogP contribution in [0.2, 0.25) is 0 Å². The maximum Gasteiger partial charge on any atom is 0.416 e. The maximum atomic E-state index is 12.7. The summed E-state index contributed by atoms with van der Waals surface area (Å²) in [6, 6.07) is 5.49. The highest BCUT2D eigenvalue weighted by molar-refractivity contribution is 5.85. The lowest BCUT2D eigenvalue weighted by atomic mass is 10.1. The number of halogens is 3. The van der Waals surface area contributed by atoms with E-state index in [2.05, 4.69) is 34.4 Å². The average Bonchev–Trinajstić information content (AvgIpc) is 3.10. The fourth-order valence-corrected chi connectivity index (χ4v) is 3.09. The van der Waals surface area contributed by atoms with Gasteiger partial charge in [-0.2, -0.15) is 13.2 Å². The van der Waals surface area contributed by atoms with Crippen molar-refractivity contribution in [2.75, 3.05) is 40.3 Å². The van der Waals surface area contributed by atoms with Crippen LogP contribution in [-0.2, 0) is 17.5 Å². The molecule has 1 heterocycles. The minimum Gasteiger partial charge on any atom is -0.356 e. The second kappa shape index (κ2) is 10.7. The number of carbonyl (C=O) groups is 1. The highest BCUT2D eigenvalue weighted by Gasteiger charge is 2.30. The summed E-state index contributed by atoms with van der Waals surface area (Å²) in [7, 11) is 3.39. The van der Waals surface area contributed by atoms with E-state index in [1.165, 1.54) is 17.0 Å². The van der Waals surface area contributed by atoms with Crippen LogP contribution in [-0.4, -0.2) is 68.0 Å². The molecule has 0 aromatic heterocycles. The monoisotopic (exact) mass is 427 g/mol. The van der Waals surface area contributed by atoms with Crippen molar-refractivity contribution >= 4 is 11.9 Å². The first-order valence-electron chi connectivity index (χ1n) is 10.2. The van der Waals surface area contributed by atoms with Crippen LogP contribution in [0.15, 0.2) is 29.3 Å². The Morgan fingerprint density at radius 2 is 1.93 bits per heavy atom. The van der Waals surface area contributed by atoms with E-state index >= 15 is 0 Å². The number of benzene rings is 1. The largest absolute Gasteiger partial charge is 0.416 e. The van der Waals surface area contributed by atoms with Crippen molar-refractivity contribution in [2.24, 2.45) is 10.9 Å². The van der Waals surface area contributed by atoms with Crippen LogP contribution in [0, 0.1) is 5.92 Å². The van der Waals surface area contributed by atoms with Crippen molar-refractivity contribution in [3.8, 4) is 0 Å². The molecule has 168 valence electrons. The van der Waals surface area contributed by atoms with E-state index < -0.39 is 11.7 Å². The van der Waals surface area contributed by atoms with E-state index in [-0.39, 0.29) is 18.5 Å². The third-order valence-corrected chi connectivity index (χ3v) is 4.85.